The van der Waals surface area contributed by atoms with Gasteiger partial charge in [0.05, 0.1) is 37.4 Å². The summed E-state index contributed by atoms with van der Waals surface area (Å²) >= 11 is 1.57. The molecule has 0 spiro atoms. The molecule has 2 amide bonds. The second kappa shape index (κ2) is 14.2. The highest BCUT2D eigenvalue weighted by atomic mass is 127. The predicted molar refractivity (Wildman–Crippen MR) is 178 cm³/mol. The van der Waals surface area contributed by atoms with Gasteiger partial charge in [0.25, 0.3) is 0 Å². The molecule has 2 aromatic rings. The summed E-state index contributed by atoms with van der Waals surface area (Å²) in [6.45, 7) is 14.6. The summed E-state index contributed by atoms with van der Waals surface area (Å²) in [4.78, 5) is 50.8. The number of allylic oxidation sites excluding steroid dienone is 1. The van der Waals surface area contributed by atoms with E-state index >= 15 is 4.39 Å². The van der Waals surface area contributed by atoms with Crippen LogP contribution in [-0.4, -0.2) is 83.0 Å². The van der Waals surface area contributed by atoms with E-state index in [-0.39, 0.29) is 30.6 Å². The highest BCUT2D eigenvalue weighted by Crippen LogP contribution is 2.42. The van der Waals surface area contributed by atoms with Gasteiger partial charge in [0.15, 0.2) is 5.69 Å². The van der Waals surface area contributed by atoms with Crippen molar-refractivity contribution in [3.8, 4) is 5.88 Å². The standard InChI is InChI=1S/C33H42FIN4O7/c1-8-17-44-23-15-12-16-24(23)45-30(42)38-26(31(3,4)5)28(40)39-19-32(6,18-22(39)29(41)43-7)46-27-25(33(34,35)9-2)36-20-13-10-11-14-21(20)37-27/h8-11,13-14,22-24,26H,1-2,12,15-19H2,3-7H3,(H,38,42)/t22-,23+,24+,26+,32+,33?/m0/s1. The molecule has 11 nitrogen and oxygen atoms in total. The molecule has 46 heavy (non-hydrogen) atoms. The van der Waals surface area contributed by atoms with Gasteiger partial charge in [-0.1, -0.05) is 45.6 Å². The monoisotopic (exact) mass is 752 g/mol. The van der Waals surface area contributed by atoms with Crippen LogP contribution in [-0.2, 0) is 27.5 Å². The van der Waals surface area contributed by atoms with E-state index in [4.69, 9.17) is 18.9 Å². The van der Waals surface area contributed by atoms with E-state index in [0.29, 0.717) is 24.1 Å². The number of likely N-dealkylation sites (tertiary alicyclic amines) is 1. The van der Waals surface area contributed by atoms with Crippen LogP contribution in [0.2, 0.25) is 0 Å². The largest absolute Gasteiger partial charge is 0.468 e. The van der Waals surface area contributed by atoms with Gasteiger partial charge in [-0.25, -0.2) is 23.9 Å². The van der Waals surface area contributed by atoms with Crippen LogP contribution in [0.1, 0.15) is 59.1 Å². The molecular formula is C33H42FIN4O7. The number of alkyl carbamates (subject to hydrolysis) is 1. The van der Waals surface area contributed by atoms with Crippen LogP contribution in [0.4, 0.5) is 9.18 Å². The van der Waals surface area contributed by atoms with Gasteiger partial charge in [-0.2, -0.15) is 0 Å². The Morgan fingerprint density at radius 2 is 1.83 bits per heavy atom. The fraction of sp³-hybridized carbons (Fsp3) is 0.545. The van der Waals surface area contributed by atoms with Gasteiger partial charge in [0.1, 0.15) is 23.8 Å². The molecule has 1 saturated heterocycles. The zero-order valence-corrected chi connectivity index (χ0v) is 29.0. The van der Waals surface area contributed by atoms with Gasteiger partial charge in [-0.3, -0.25) is 4.79 Å². The quantitative estimate of drug-likeness (QED) is 0.136. The maximum Gasteiger partial charge on any atom is 0.408 e. The minimum absolute atomic E-state index is 0.0136. The van der Waals surface area contributed by atoms with E-state index in [1.165, 1.54) is 12.0 Å². The van der Waals surface area contributed by atoms with Crippen LogP contribution in [0.3, 0.4) is 0 Å². The van der Waals surface area contributed by atoms with Crippen LogP contribution < -0.4 is 10.1 Å². The summed E-state index contributed by atoms with van der Waals surface area (Å²) in [5.41, 5.74) is -1.14. The molecule has 1 aliphatic carbocycles. The topological polar surface area (TPSA) is 129 Å². The van der Waals surface area contributed by atoms with E-state index in [1.54, 1.807) is 80.6 Å². The van der Waals surface area contributed by atoms with Gasteiger partial charge >= 0.3 is 12.1 Å². The number of aromatic nitrogens is 2. The number of ether oxygens (including phenoxy) is 4. The number of hydrogen-bond donors (Lipinski definition) is 1. The molecule has 1 unspecified atom stereocenters. The number of halogens is 2. The van der Waals surface area contributed by atoms with Crippen molar-refractivity contribution in [2.45, 2.75) is 86.9 Å². The Hall–Kier alpha value is -3.33. The van der Waals surface area contributed by atoms with Crippen molar-refractivity contribution in [1.29, 1.82) is 0 Å². The number of rotatable bonds is 11. The minimum Gasteiger partial charge on any atom is -0.468 e. The second-order valence-corrected chi connectivity index (χ2v) is 14.5. The lowest BCUT2D eigenvalue weighted by Crippen LogP contribution is -2.57. The average Bonchev–Trinajstić information content (AvgIpc) is 3.60. The number of alkyl halides is 2. The summed E-state index contributed by atoms with van der Waals surface area (Å²) in [5, 5.41) is 2.74. The average molecular weight is 753 g/mol. The van der Waals surface area contributed by atoms with Gasteiger partial charge in [0, 0.05) is 6.42 Å². The number of amides is 2. The number of carbonyl (C=O) groups excluding carboxylic acids is 3. The fourth-order valence-corrected chi connectivity index (χ4v) is 6.17. The van der Waals surface area contributed by atoms with Crippen molar-refractivity contribution in [3.63, 3.8) is 0 Å². The molecule has 0 bridgehead atoms. The second-order valence-electron chi connectivity index (χ2n) is 12.9. The summed E-state index contributed by atoms with van der Waals surface area (Å²) in [6, 6.07) is 4.85. The number of carbonyl (C=O) groups is 3. The summed E-state index contributed by atoms with van der Waals surface area (Å²) in [7, 11) is 1.23. The minimum atomic E-state index is -2.12. The lowest BCUT2D eigenvalue weighted by Gasteiger charge is -2.35. The van der Waals surface area contributed by atoms with Crippen LogP contribution in [0.15, 0.2) is 49.6 Å². The summed E-state index contributed by atoms with van der Waals surface area (Å²) in [5.74, 6) is -1.27. The molecule has 2 fully saturated rings. The van der Waals surface area contributed by atoms with Crippen molar-refractivity contribution >= 4 is 51.6 Å². The first kappa shape index (κ1) is 35.5. The van der Waals surface area contributed by atoms with Gasteiger partial charge < -0.3 is 29.2 Å². The molecular weight excluding hydrogens is 710 g/mol. The number of para-hydroxylation sites is 2. The first-order valence-electron chi connectivity index (χ1n) is 15.2. The van der Waals surface area contributed by atoms with Crippen LogP contribution >= 0.6 is 22.6 Å². The summed E-state index contributed by atoms with van der Waals surface area (Å²) in [6.07, 6.45) is 3.49. The number of nitrogens with zero attached hydrogens (tertiary/aromatic N) is 3. The lowest BCUT2D eigenvalue weighted by molar-refractivity contribution is -0.152. The molecule has 1 N–H and O–H groups in total. The van der Waals surface area contributed by atoms with Gasteiger partial charge in [-0.15, -0.1) is 6.58 Å². The Morgan fingerprint density at radius 1 is 1.17 bits per heavy atom. The number of fused-ring (bicyclic) bond motifs is 1. The lowest BCUT2D eigenvalue weighted by atomic mass is 9.85. The molecule has 6 atom stereocenters. The Bertz CT molecular complexity index is 1480. The van der Waals surface area contributed by atoms with Crippen molar-refractivity contribution in [2.24, 2.45) is 5.41 Å². The number of nitrogens with one attached hydrogen (secondary N) is 1. The third kappa shape index (κ3) is 7.96. The summed E-state index contributed by atoms with van der Waals surface area (Å²) < 4.78 is 36.5. The molecule has 0 radical (unpaired) electrons. The molecule has 2 heterocycles. The Balaban J connectivity index is 1.61. The van der Waals surface area contributed by atoms with E-state index in [2.05, 4.69) is 28.4 Å². The first-order chi connectivity index (χ1) is 21.6. The number of methoxy groups -OCH3 is 1. The zero-order valence-electron chi connectivity index (χ0n) is 26.9. The Kier molecular flexibility index (Phi) is 11.0. The third-order valence-electron chi connectivity index (χ3n) is 8.17. The molecule has 2 aliphatic rings. The fourth-order valence-electron chi connectivity index (χ4n) is 5.82. The van der Waals surface area contributed by atoms with Crippen LogP contribution in [0, 0.1) is 5.41 Å². The number of hydrogen-bond acceptors (Lipinski definition) is 9. The third-order valence-corrected chi connectivity index (χ3v) is 9.12. The number of esters is 1. The zero-order chi connectivity index (χ0) is 33.9. The van der Waals surface area contributed by atoms with Gasteiger partial charge in [0.2, 0.25) is 15.5 Å². The van der Waals surface area contributed by atoms with E-state index in [1.807, 2.05) is 0 Å². The normalized spacial score (nSPS) is 24.9. The number of benzene rings is 1. The molecule has 1 saturated carbocycles. The molecule has 250 valence electrons. The van der Waals surface area contributed by atoms with Crippen molar-refractivity contribution in [1.82, 2.24) is 20.2 Å². The maximum absolute atomic E-state index is 15.7. The van der Waals surface area contributed by atoms with E-state index in [9.17, 15) is 14.4 Å². The molecule has 1 aromatic heterocycles. The highest BCUT2D eigenvalue weighted by Gasteiger charge is 2.52. The van der Waals surface area contributed by atoms with Crippen molar-refractivity contribution in [3.05, 3.63) is 55.3 Å². The van der Waals surface area contributed by atoms with E-state index < -0.39 is 50.8 Å². The van der Waals surface area contributed by atoms with Crippen molar-refractivity contribution < 1.29 is 37.7 Å². The molecule has 1 aliphatic heterocycles. The Morgan fingerprint density at radius 3 is 2.43 bits per heavy atom. The smallest absolute Gasteiger partial charge is 0.408 e. The SMILES string of the molecule is C=CCO[C@@H]1CCC[C@H]1OC(=O)N[C@H](C(=O)N1C[C@](C)(Oc2nc3ccccc3nc2C(F)(I)C=C)C[C@H]1C(=O)OC)C(C)(C)C. The van der Waals surface area contributed by atoms with Crippen LogP contribution in [0.5, 0.6) is 5.88 Å². The van der Waals surface area contributed by atoms with E-state index in [0.717, 1.165) is 18.9 Å². The Labute approximate surface area is 282 Å². The molecule has 1 aromatic carbocycles. The first-order valence-corrected chi connectivity index (χ1v) is 16.3. The molecule has 13 heteroatoms. The maximum atomic E-state index is 15.7. The highest BCUT2D eigenvalue weighted by molar-refractivity contribution is 14.1. The molecule has 4 rings (SSSR count). The van der Waals surface area contributed by atoms with Crippen molar-refractivity contribution in [2.75, 3.05) is 20.3 Å². The predicted octanol–water partition coefficient (Wildman–Crippen LogP) is 5.55. The van der Waals surface area contributed by atoms with Crippen LogP contribution in [0.25, 0.3) is 11.0 Å². The van der Waals surface area contributed by atoms with Gasteiger partial charge in [-0.05, 0) is 72.4 Å².